The van der Waals surface area contributed by atoms with Gasteiger partial charge < -0.3 is 15.1 Å². The maximum Gasteiger partial charge on any atom is 0.222 e. The van der Waals surface area contributed by atoms with Crippen LogP contribution in [0.4, 0.5) is 0 Å². The van der Waals surface area contributed by atoms with E-state index in [0.29, 0.717) is 24.9 Å². The maximum atomic E-state index is 12.0. The molecule has 2 rings (SSSR count). The van der Waals surface area contributed by atoms with Crippen molar-refractivity contribution >= 4 is 23.5 Å². The zero-order valence-electron chi connectivity index (χ0n) is 16.2. The summed E-state index contributed by atoms with van der Waals surface area (Å²) < 4.78 is 0. The third kappa shape index (κ3) is 5.90. The first kappa shape index (κ1) is 20.6. The number of nitrogens with one attached hydrogen (secondary N) is 1. The van der Waals surface area contributed by atoms with E-state index in [1.165, 1.54) is 0 Å². The Bertz CT molecular complexity index is 620. The van der Waals surface area contributed by atoms with Crippen molar-refractivity contribution in [2.45, 2.75) is 52.1 Å². The molecule has 0 aromatic heterocycles. The minimum Gasteiger partial charge on any atom is -0.357 e. The lowest BCUT2D eigenvalue weighted by molar-refractivity contribution is -0.129. The molecule has 0 radical (unpaired) electrons. The molecule has 1 atom stereocenters. The van der Waals surface area contributed by atoms with Gasteiger partial charge in [-0.1, -0.05) is 30.7 Å². The number of aliphatic imine (C=N–C) groups is 1. The van der Waals surface area contributed by atoms with Crippen LogP contribution in [0.1, 0.15) is 45.1 Å². The van der Waals surface area contributed by atoms with Gasteiger partial charge in [-0.15, -0.1) is 0 Å². The summed E-state index contributed by atoms with van der Waals surface area (Å²) >= 11 is 6.08. The van der Waals surface area contributed by atoms with Gasteiger partial charge in [0.05, 0.1) is 0 Å². The van der Waals surface area contributed by atoms with E-state index in [0.717, 1.165) is 55.4 Å². The average molecular weight is 379 g/mol. The van der Waals surface area contributed by atoms with Gasteiger partial charge in [-0.3, -0.25) is 9.79 Å². The molecule has 1 aromatic carbocycles. The molecule has 5 nitrogen and oxygen atoms in total. The Morgan fingerprint density at radius 3 is 2.85 bits per heavy atom. The number of nitrogens with zero attached hydrogens (tertiary/aromatic N) is 3. The molecule has 1 aromatic rings. The molecule has 1 amide bonds. The van der Waals surface area contributed by atoms with Gasteiger partial charge in [-0.05, 0) is 43.9 Å². The summed E-state index contributed by atoms with van der Waals surface area (Å²) in [6.45, 7) is 7.39. The lowest BCUT2D eigenvalue weighted by atomic mass is 10.1. The van der Waals surface area contributed by atoms with Gasteiger partial charge in [0, 0.05) is 50.7 Å². The van der Waals surface area contributed by atoms with Crippen LogP contribution in [0.25, 0.3) is 0 Å². The van der Waals surface area contributed by atoms with E-state index in [1.807, 2.05) is 30.1 Å². The predicted octanol–water partition coefficient (Wildman–Crippen LogP) is 3.53. The van der Waals surface area contributed by atoms with Gasteiger partial charge in [-0.25, -0.2) is 0 Å². The highest BCUT2D eigenvalue weighted by Crippen LogP contribution is 2.18. The summed E-state index contributed by atoms with van der Waals surface area (Å²) in [4.78, 5) is 20.9. The topological polar surface area (TPSA) is 47.9 Å². The molecule has 1 aliphatic heterocycles. The van der Waals surface area contributed by atoms with Crippen LogP contribution in [0.15, 0.2) is 29.3 Å². The predicted molar refractivity (Wildman–Crippen MR) is 109 cm³/mol. The summed E-state index contributed by atoms with van der Waals surface area (Å²) in [5, 5.41) is 4.10. The molecule has 1 heterocycles. The van der Waals surface area contributed by atoms with E-state index >= 15 is 0 Å². The van der Waals surface area contributed by atoms with Crippen molar-refractivity contribution in [3.8, 4) is 0 Å². The molecule has 144 valence electrons. The van der Waals surface area contributed by atoms with Crippen molar-refractivity contribution in [1.29, 1.82) is 0 Å². The van der Waals surface area contributed by atoms with Gasteiger partial charge in [0.1, 0.15) is 0 Å². The number of carbonyl (C=O) groups is 1. The van der Waals surface area contributed by atoms with E-state index in [-0.39, 0.29) is 0 Å². The normalized spacial score (nSPS) is 16.1. The first-order valence-corrected chi connectivity index (χ1v) is 9.96. The van der Waals surface area contributed by atoms with Crippen LogP contribution >= 0.6 is 11.6 Å². The van der Waals surface area contributed by atoms with E-state index in [4.69, 9.17) is 16.6 Å². The fraction of sp³-hybridized carbons (Fsp3) is 0.600. The second-order valence-electron chi connectivity index (χ2n) is 6.76. The van der Waals surface area contributed by atoms with Gasteiger partial charge in [0.25, 0.3) is 0 Å². The highest BCUT2D eigenvalue weighted by atomic mass is 35.5. The first-order valence-electron chi connectivity index (χ1n) is 9.58. The van der Waals surface area contributed by atoms with Crippen molar-refractivity contribution < 1.29 is 4.79 Å². The molecular formula is C20H31ClN4O. The van der Waals surface area contributed by atoms with Crippen LogP contribution in [0, 0.1) is 0 Å². The zero-order valence-corrected chi connectivity index (χ0v) is 16.9. The Morgan fingerprint density at radius 2 is 2.23 bits per heavy atom. The fourth-order valence-corrected chi connectivity index (χ4v) is 3.62. The number of halogens is 1. The molecule has 26 heavy (non-hydrogen) atoms. The Morgan fingerprint density at radius 1 is 1.42 bits per heavy atom. The Kier molecular flexibility index (Phi) is 8.23. The SMILES string of the molecule is CCNC(=NCCC(CC)N1CCCC1=O)N(C)Cc1cccc(Cl)c1. The van der Waals surface area contributed by atoms with Crippen LogP contribution in [0.5, 0.6) is 0 Å². The maximum absolute atomic E-state index is 12.0. The van der Waals surface area contributed by atoms with Crippen molar-refractivity contribution in [2.24, 2.45) is 4.99 Å². The molecule has 1 saturated heterocycles. The van der Waals surface area contributed by atoms with Crippen LogP contribution in [0.3, 0.4) is 0 Å². The van der Waals surface area contributed by atoms with Crippen molar-refractivity contribution in [3.63, 3.8) is 0 Å². The highest BCUT2D eigenvalue weighted by molar-refractivity contribution is 6.30. The quantitative estimate of drug-likeness (QED) is 0.556. The number of carbonyl (C=O) groups excluding carboxylic acids is 1. The molecule has 1 fully saturated rings. The van der Waals surface area contributed by atoms with E-state index < -0.39 is 0 Å². The number of guanidine groups is 1. The second kappa shape index (κ2) is 10.4. The van der Waals surface area contributed by atoms with E-state index in [9.17, 15) is 4.79 Å². The summed E-state index contributed by atoms with van der Waals surface area (Å²) in [7, 11) is 2.03. The minimum atomic E-state index is 0.297. The third-order valence-corrected chi connectivity index (χ3v) is 4.99. The number of hydrogen-bond acceptors (Lipinski definition) is 2. The second-order valence-corrected chi connectivity index (χ2v) is 7.20. The van der Waals surface area contributed by atoms with Gasteiger partial charge in [0.15, 0.2) is 5.96 Å². The molecule has 6 heteroatoms. The summed E-state index contributed by atoms with van der Waals surface area (Å²) in [5.74, 6) is 1.18. The van der Waals surface area contributed by atoms with Gasteiger partial charge >= 0.3 is 0 Å². The van der Waals surface area contributed by atoms with Crippen LogP contribution < -0.4 is 5.32 Å². The Labute approximate surface area is 162 Å². The molecule has 1 aliphatic rings. The molecule has 0 bridgehead atoms. The summed E-state index contributed by atoms with van der Waals surface area (Å²) in [5.41, 5.74) is 1.15. The number of likely N-dealkylation sites (tertiary alicyclic amines) is 1. The number of hydrogen-bond donors (Lipinski definition) is 1. The monoisotopic (exact) mass is 378 g/mol. The Hall–Kier alpha value is -1.75. The lowest BCUT2D eigenvalue weighted by Gasteiger charge is -2.27. The van der Waals surface area contributed by atoms with Crippen LogP contribution in [-0.2, 0) is 11.3 Å². The minimum absolute atomic E-state index is 0.297. The molecule has 0 aliphatic carbocycles. The fourth-order valence-electron chi connectivity index (χ4n) is 3.41. The highest BCUT2D eigenvalue weighted by Gasteiger charge is 2.26. The first-order chi connectivity index (χ1) is 12.5. The van der Waals surface area contributed by atoms with E-state index in [2.05, 4.69) is 30.1 Å². The molecule has 0 spiro atoms. The Balaban J connectivity index is 1.95. The molecule has 1 unspecified atom stereocenters. The standard InChI is InChI=1S/C20H31ClN4O/c1-4-18(25-13-7-10-19(25)26)11-12-23-20(22-5-2)24(3)15-16-8-6-9-17(21)14-16/h6,8-9,14,18H,4-5,7,10-13,15H2,1-3H3,(H,22,23). The van der Waals surface area contributed by atoms with E-state index in [1.54, 1.807) is 0 Å². The van der Waals surface area contributed by atoms with Gasteiger partial charge in [0.2, 0.25) is 5.91 Å². The van der Waals surface area contributed by atoms with Crippen molar-refractivity contribution in [3.05, 3.63) is 34.9 Å². The molecule has 0 saturated carbocycles. The van der Waals surface area contributed by atoms with Crippen molar-refractivity contribution in [1.82, 2.24) is 15.1 Å². The summed E-state index contributed by atoms with van der Waals surface area (Å²) in [6, 6.07) is 8.20. The number of amides is 1. The smallest absolute Gasteiger partial charge is 0.222 e. The molecular weight excluding hydrogens is 348 g/mol. The van der Waals surface area contributed by atoms with Crippen molar-refractivity contribution in [2.75, 3.05) is 26.7 Å². The number of benzene rings is 1. The zero-order chi connectivity index (χ0) is 18.9. The third-order valence-electron chi connectivity index (χ3n) is 4.75. The number of rotatable bonds is 8. The van der Waals surface area contributed by atoms with Crippen LogP contribution in [-0.4, -0.2) is 54.4 Å². The largest absolute Gasteiger partial charge is 0.357 e. The average Bonchev–Trinajstić information content (AvgIpc) is 3.03. The van der Waals surface area contributed by atoms with Crippen LogP contribution in [0.2, 0.25) is 5.02 Å². The molecule has 1 N–H and O–H groups in total. The lowest BCUT2D eigenvalue weighted by Crippen LogP contribution is -2.39. The van der Waals surface area contributed by atoms with Gasteiger partial charge in [-0.2, -0.15) is 0 Å². The summed E-state index contributed by atoms with van der Waals surface area (Å²) in [6.07, 6.45) is 3.58.